The van der Waals surface area contributed by atoms with Crippen LogP contribution < -0.4 is 14.8 Å². The van der Waals surface area contributed by atoms with E-state index in [2.05, 4.69) is 14.8 Å². The Labute approximate surface area is 171 Å². The zero-order valence-electron chi connectivity index (χ0n) is 16.3. The van der Waals surface area contributed by atoms with Gasteiger partial charge in [0.1, 0.15) is 0 Å². The molecule has 2 aromatic rings. The fraction of sp³-hybridized carbons (Fsp3) is 0.316. The van der Waals surface area contributed by atoms with Gasteiger partial charge in [0.05, 0.1) is 9.79 Å². The van der Waals surface area contributed by atoms with Crippen molar-refractivity contribution in [1.82, 2.24) is 9.44 Å². The van der Waals surface area contributed by atoms with E-state index in [1.807, 2.05) is 6.92 Å². The normalized spacial score (nSPS) is 11.9. The first-order valence-electron chi connectivity index (χ1n) is 9.20. The molecule has 0 aliphatic carbocycles. The van der Waals surface area contributed by atoms with Crippen molar-refractivity contribution in [2.24, 2.45) is 0 Å². The number of unbranched alkanes of at least 4 members (excludes halogenated alkanes) is 1. The number of amides is 1. The van der Waals surface area contributed by atoms with E-state index >= 15 is 0 Å². The fourth-order valence-corrected chi connectivity index (χ4v) is 4.63. The first kappa shape index (κ1) is 23.0. The molecule has 10 heteroatoms. The Kier molecular flexibility index (Phi) is 7.91. The summed E-state index contributed by atoms with van der Waals surface area (Å²) in [6.07, 6.45) is 1.58. The summed E-state index contributed by atoms with van der Waals surface area (Å²) in [5.74, 6) is -0.502. The SMILES string of the molecule is CCCCNS(=O)(=O)c1cccc(C(=O)Nc2ccc(S(=O)(=O)NCC)cc2)c1. The van der Waals surface area contributed by atoms with Gasteiger partial charge in [-0.25, -0.2) is 26.3 Å². The zero-order valence-corrected chi connectivity index (χ0v) is 17.9. The number of hydrogen-bond acceptors (Lipinski definition) is 5. The van der Waals surface area contributed by atoms with Crippen molar-refractivity contribution in [3.8, 4) is 0 Å². The number of nitrogens with one attached hydrogen (secondary N) is 3. The largest absolute Gasteiger partial charge is 0.322 e. The first-order chi connectivity index (χ1) is 13.7. The van der Waals surface area contributed by atoms with E-state index in [1.54, 1.807) is 6.92 Å². The van der Waals surface area contributed by atoms with Crippen molar-refractivity contribution in [2.45, 2.75) is 36.5 Å². The first-order valence-corrected chi connectivity index (χ1v) is 12.2. The van der Waals surface area contributed by atoms with E-state index in [9.17, 15) is 21.6 Å². The Morgan fingerprint density at radius 2 is 1.52 bits per heavy atom. The number of benzene rings is 2. The van der Waals surface area contributed by atoms with Gasteiger partial charge in [0, 0.05) is 24.3 Å². The predicted molar refractivity (Wildman–Crippen MR) is 112 cm³/mol. The topological polar surface area (TPSA) is 121 Å². The lowest BCUT2D eigenvalue weighted by Crippen LogP contribution is -2.25. The third-order valence-corrected chi connectivity index (χ3v) is 7.01. The van der Waals surface area contributed by atoms with Gasteiger partial charge in [-0.05, 0) is 48.9 Å². The Hall–Kier alpha value is -2.27. The van der Waals surface area contributed by atoms with Crippen LogP contribution in [0.1, 0.15) is 37.0 Å². The second-order valence-electron chi connectivity index (χ2n) is 6.26. The molecule has 0 radical (unpaired) electrons. The quantitative estimate of drug-likeness (QED) is 0.491. The summed E-state index contributed by atoms with van der Waals surface area (Å²) in [5, 5.41) is 2.63. The molecule has 0 aromatic heterocycles. The zero-order chi connectivity index (χ0) is 21.5. The van der Waals surface area contributed by atoms with E-state index in [0.717, 1.165) is 12.8 Å². The van der Waals surface area contributed by atoms with E-state index in [-0.39, 0.29) is 21.9 Å². The molecule has 3 N–H and O–H groups in total. The maximum atomic E-state index is 12.5. The minimum Gasteiger partial charge on any atom is -0.322 e. The van der Waals surface area contributed by atoms with Gasteiger partial charge in [0.15, 0.2) is 0 Å². The Balaban J connectivity index is 2.13. The highest BCUT2D eigenvalue weighted by molar-refractivity contribution is 7.89. The molecule has 0 bridgehead atoms. The second-order valence-corrected chi connectivity index (χ2v) is 9.79. The van der Waals surface area contributed by atoms with Gasteiger partial charge in [-0.1, -0.05) is 26.3 Å². The molecule has 0 aliphatic rings. The predicted octanol–water partition coefficient (Wildman–Crippen LogP) is 2.32. The average Bonchev–Trinajstić information content (AvgIpc) is 2.68. The molecule has 2 aromatic carbocycles. The number of rotatable bonds is 10. The van der Waals surface area contributed by atoms with Crippen LogP contribution in [0.2, 0.25) is 0 Å². The summed E-state index contributed by atoms with van der Waals surface area (Å²) in [5.41, 5.74) is 0.562. The standard InChI is InChI=1S/C19H25N3O5S2/c1-3-5-13-21-29(26,27)18-8-6-7-15(14-18)19(23)22-16-9-11-17(12-10-16)28(24,25)20-4-2/h6-12,14,20-21H,3-5,13H2,1-2H3,(H,22,23). The summed E-state index contributed by atoms with van der Waals surface area (Å²) in [7, 11) is -7.27. The molecule has 29 heavy (non-hydrogen) atoms. The maximum Gasteiger partial charge on any atom is 0.255 e. The van der Waals surface area contributed by atoms with Crippen LogP contribution in [-0.2, 0) is 20.0 Å². The lowest BCUT2D eigenvalue weighted by Gasteiger charge is -2.10. The van der Waals surface area contributed by atoms with E-state index in [4.69, 9.17) is 0 Å². The van der Waals surface area contributed by atoms with Crippen molar-refractivity contribution >= 4 is 31.6 Å². The van der Waals surface area contributed by atoms with Crippen LogP contribution in [0.5, 0.6) is 0 Å². The van der Waals surface area contributed by atoms with Gasteiger partial charge < -0.3 is 5.32 Å². The highest BCUT2D eigenvalue weighted by atomic mass is 32.2. The minimum absolute atomic E-state index is 0.00772. The molecule has 0 fully saturated rings. The smallest absolute Gasteiger partial charge is 0.255 e. The molecule has 0 unspecified atom stereocenters. The summed E-state index contributed by atoms with van der Waals surface area (Å²) >= 11 is 0. The van der Waals surface area contributed by atoms with Gasteiger partial charge >= 0.3 is 0 Å². The van der Waals surface area contributed by atoms with Crippen molar-refractivity contribution in [2.75, 3.05) is 18.4 Å². The number of carbonyl (C=O) groups excluding carboxylic acids is 1. The van der Waals surface area contributed by atoms with Crippen molar-refractivity contribution in [3.05, 3.63) is 54.1 Å². The van der Waals surface area contributed by atoms with Crippen LogP contribution in [-0.4, -0.2) is 35.8 Å². The lowest BCUT2D eigenvalue weighted by atomic mass is 10.2. The van der Waals surface area contributed by atoms with Crippen molar-refractivity contribution < 1.29 is 21.6 Å². The maximum absolute atomic E-state index is 12.5. The molecular weight excluding hydrogens is 414 g/mol. The lowest BCUT2D eigenvalue weighted by molar-refractivity contribution is 0.102. The number of hydrogen-bond donors (Lipinski definition) is 3. The van der Waals surface area contributed by atoms with E-state index in [1.165, 1.54) is 48.5 Å². The Morgan fingerprint density at radius 1 is 0.862 bits per heavy atom. The molecule has 0 saturated heterocycles. The molecule has 8 nitrogen and oxygen atoms in total. The highest BCUT2D eigenvalue weighted by Crippen LogP contribution is 2.17. The second kappa shape index (κ2) is 9.97. The van der Waals surface area contributed by atoms with Crippen LogP contribution in [0.4, 0.5) is 5.69 Å². The number of sulfonamides is 2. The third-order valence-electron chi connectivity index (χ3n) is 3.99. The van der Waals surface area contributed by atoms with E-state index in [0.29, 0.717) is 12.2 Å². The van der Waals surface area contributed by atoms with Crippen molar-refractivity contribution in [1.29, 1.82) is 0 Å². The summed E-state index contributed by atoms with van der Waals surface area (Å²) < 4.78 is 53.4. The van der Waals surface area contributed by atoms with Crippen LogP contribution in [0.25, 0.3) is 0 Å². The highest BCUT2D eigenvalue weighted by Gasteiger charge is 2.16. The summed E-state index contributed by atoms with van der Waals surface area (Å²) in [6, 6.07) is 11.4. The van der Waals surface area contributed by atoms with Crippen molar-refractivity contribution in [3.63, 3.8) is 0 Å². The molecular formula is C19H25N3O5S2. The molecule has 0 atom stereocenters. The fourth-order valence-electron chi connectivity index (χ4n) is 2.47. The number of anilines is 1. The summed E-state index contributed by atoms with van der Waals surface area (Å²) in [4.78, 5) is 12.6. The van der Waals surface area contributed by atoms with Crippen LogP contribution in [0, 0.1) is 0 Å². The van der Waals surface area contributed by atoms with Gasteiger partial charge in [-0.3, -0.25) is 4.79 Å². The molecule has 158 valence electrons. The van der Waals surface area contributed by atoms with E-state index < -0.39 is 26.0 Å². The molecule has 1 amide bonds. The third kappa shape index (κ3) is 6.36. The van der Waals surface area contributed by atoms with Gasteiger partial charge in [-0.2, -0.15) is 0 Å². The molecule has 0 aliphatic heterocycles. The average molecular weight is 440 g/mol. The van der Waals surface area contributed by atoms with Crippen LogP contribution >= 0.6 is 0 Å². The molecule has 0 heterocycles. The van der Waals surface area contributed by atoms with Crippen LogP contribution in [0.15, 0.2) is 58.3 Å². The van der Waals surface area contributed by atoms with Crippen LogP contribution in [0.3, 0.4) is 0 Å². The van der Waals surface area contributed by atoms with Gasteiger partial charge in [0.25, 0.3) is 5.91 Å². The monoisotopic (exact) mass is 439 g/mol. The molecule has 0 saturated carbocycles. The Morgan fingerprint density at radius 3 is 2.14 bits per heavy atom. The minimum atomic E-state index is -3.69. The molecule has 2 rings (SSSR count). The summed E-state index contributed by atoms with van der Waals surface area (Å²) in [6.45, 7) is 4.24. The Bertz CT molecular complexity index is 1050. The molecule has 0 spiro atoms. The van der Waals surface area contributed by atoms with Gasteiger partial charge in [-0.15, -0.1) is 0 Å². The van der Waals surface area contributed by atoms with Gasteiger partial charge in [0.2, 0.25) is 20.0 Å². The number of carbonyl (C=O) groups is 1.